The molecule has 88 valence electrons. The van der Waals surface area contributed by atoms with E-state index < -0.39 is 24.0 Å². The van der Waals surface area contributed by atoms with Crippen LogP contribution in [0, 0.1) is 17.8 Å². The topological polar surface area (TPSA) is 37.3 Å². The molecule has 1 aliphatic carbocycles. The summed E-state index contributed by atoms with van der Waals surface area (Å²) in [5.74, 6) is -3.31. The molecule has 0 aromatic carbocycles. The Bertz CT molecular complexity index is 237. The number of hydrogen-bond donors (Lipinski definition) is 1. The van der Waals surface area contributed by atoms with Gasteiger partial charge in [0.1, 0.15) is 0 Å². The molecule has 0 saturated heterocycles. The largest absolute Gasteiger partial charge is 0.481 e. The van der Waals surface area contributed by atoms with Crippen LogP contribution in [0.4, 0.5) is 13.2 Å². The summed E-state index contributed by atoms with van der Waals surface area (Å²) in [6.07, 6.45) is -2.98. The van der Waals surface area contributed by atoms with Crippen LogP contribution < -0.4 is 0 Å². The SMILES string of the molecule is CC(C(=O)O)C1CCCC(C(F)(F)F)C1. The Kier molecular flexibility index (Phi) is 3.62. The number of carboxylic acids is 1. The van der Waals surface area contributed by atoms with Gasteiger partial charge >= 0.3 is 12.1 Å². The van der Waals surface area contributed by atoms with Gasteiger partial charge in [-0.15, -0.1) is 0 Å². The van der Waals surface area contributed by atoms with Crippen LogP contribution in [0.3, 0.4) is 0 Å². The minimum Gasteiger partial charge on any atom is -0.481 e. The second-order valence-corrected chi connectivity index (χ2v) is 4.29. The van der Waals surface area contributed by atoms with E-state index in [1.807, 2.05) is 0 Å². The van der Waals surface area contributed by atoms with E-state index in [0.717, 1.165) is 0 Å². The van der Waals surface area contributed by atoms with E-state index in [0.29, 0.717) is 12.8 Å². The molecule has 15 heavy (non-hydrogen) atoms. The first-order valence-corrected chi connectivity index (χ1v) is 5.12. The zero-order valence-corrected chi connectivity index (χ0v) is 8.55. The van der Waals surface area contributed by atoms with E-state index in [1.54, 1.807) is 0 Å². The van der Waals surface area contributed by atoms with Crippen molar-refractivity contribution < 1.29 is 23.1 Å². The van der Waals surface area contributed by atoms with E-state index >= 15 is 0 Å². The van der Waals surface area contributed by atoms with Gasteiger partial charge in [-0.05, 0) is 25.2 Å². The average Bonchev–Trinajstić information content (AvgIpc) is 2.15. The third kappa shape index (κ3) is 3.11. The molecular formula is C10H15F3O2. The van der Waals surface area contributed by atoms with Crippen molar-refractivity contribution in [3.8, 4) is 0 Å². The molecule has 1 N–H and O–H groups in total. The number of halogens is 3. The normalized spacial score (nSPS) is 29.9. The summed E-state index contributed by atoms with van der Waals surface area (Å²) in [5.41, 5.74) is 0. The zero-order chi connectivity index (χ0) is 11.6. The van der Waals surface area contributed by atoms with Crippen LogP contribution in [0.25, 0.3) is 0 Å². The van der Waals surface area contributed by atoms with Crippen molar-refractivity contribution in [1.29, 1.82) is 0 Å². The van der Waals surface area contributed by atoms with Gasteiger partial charge in [0.15, 0.2) is 0 Å². The smallest absolute Gasteiger partial charge is 0.391 e. The van der Waals surface area contributed by atoms with E-state index in [9.17, 15) is 18.0 Å². The predicted octanol–water partition coefficient (Wildman–Crippen LogP) is 3.08. The molecule has 0 spiro atoms. The molecule has 1 fully saturated rings. The highest BCUT2D eigenvalue weighted by Crippen LogP contribution is 2.42. The van der Waals surface area contributed by atoms with E-state index in [1.165, 1.54) is 6.92 Å². The summed E-state index contributed by atoms with van der Waals surface area (Å²) in [5, 5.41) is 8.74. The van der Waals surface area contributed by atoms with Gasteiger partial charge in [0.25, 0.3) is 0 Å². The zero-order valence-electron chi connectivity index (χ0n) is 8.55. The van der Waals surface area contributed by atoms with Crippen molar-refractivity contribution in [2.45, 2.75) is 38.8 Å². The molecular weight excluding hydrogens is 209 g/mol. The Balaban J connectivity index is 2.60. The first-order valence-electron chi connectivity index (χ1n) is 5.12. The van der Waals surface area contributed by atoms with Gasteiger partial charge in [-0.2, -0.15) is 13.2 Å². The fourth-order valence-corrected chi connectivity index (χ4v) is 2.18. The monoisotopic (exact) mass is 224 g/mol. The molecule has 0 aromatic rings. The van der Waals surface area contributed by atoms with Crippen LogP contribution in [0.2, 0.25) is 0 Å². The van der Waals surface area contributed by atoms with Gasteiger partial charge in [0, 0.05) is 0 Å². The van der Waals surface area contributed by atoms with Crippen molar-refractivity contribution >= 4 is 5.97 Å². The Morgan fingerprint density at radius 2 is 2.00 bits per heavy atom. The number of alkyl halides is 3. The Morgan fingerprint density at radius 3 is 2.47 bits per heavy atom. The highest BCUT2D eigenvalue weighted by molar-refractivity contribution is 5.69. The molecule has 1 saturated carbocycles. The molecule has 0 aliphatic heterocycles. The lowest BCUT2D eigenvalue weighted by Crippen LogP contribution is -2.33. The van der Waals surface area contributed by atoms with Gasteiger partial charge < -0.3 is 5.11 Å². The van der Waals surface area contributed by atoms with Gasteiger partial charge in [-0.25, -0.2) is 0 Å². The van der Waals surface area contributed by atoms with E-state index in [4.69, 9.17) is 5.11 Å². The third-order valence-corrected chi connectivity index (χ3v) is 3.27. The number of hydrogen-bond acceptors (Lipinski definition) is 1. The first-order chi connectivity index (χ1) is 6.82. The van der Waals surface area contributed by atoms with Crippen LogP contribution in [0.15, 0.2) is 0 Å². The van der Waals surface area contributed by atoms with Gasteiger partial charge in [-0.3, -0.25) is 4.79 Å². The predicted molar refractivity (Wildman–Crippen MR) is 48.3 cm³/mol. The summed E-state index contributed by atoms with van der Waals surface area (Å²) in [7, 11) is 0. The molecule has 2 nitrogen and oxygen atoms in total. The molecule has 0 amide bonds. The van der Waals surface area contributed by atoms with Crippen molar-refractivity contribution in [1.82, 2.24) is 0 Å². The molecule has 1 aliphatic rings. The Labute approximate surface area is 86.5 Å². The highest BCUT2D eigenvalue weighted by atomic mass is 19.4. The van der Waals surface area contributed by atoms with Gasteiger partial charge in [0.2, 0.25) is 0 Å². The molecule has 3 atom stereocenters. The van der Waals surface area contributed by atoms with E-state index in [-0.39, 0.29) is 18.8 Å². The standard InChI is InChI=1S/C10H15F3O2/c1-6(9(14)15)7-3-2-4-8(5-7)10(11,12)13/h6-8H,2-5H2,1H3,(H,14,15). The summed E-state index contributed by atoms with van der Waals surface area (Å²) in [6, 6.07) is 0. The highest BCUT2D eigenvalue weighted by Gasteiger charge is 2.43. The summed E-state index contributed by atoms with van der Waals surface area (Å²) >= 11 is 0. The van der Waals surface area contributed by atoms with E-state index in [2.05, 4.69) is 0 Å². The van der Waals surface area contributed by atoms with Crippen LogP contribution in [-0.4, -0.2) is 17.3 Å². The number of rotatable bonds is 2. The Morgan fingerprint density at radius 1 is 1.40 bits per heavy atom. The lowest BCUT2D eigenvalue weighted by molar-refractivity contribution is -0.188. The fourth-order valence-electron chi connectivity index (χ4n) is 2.18. The average molecular weight is 224 g/mol. The molecule has 0 aromatic heterocycles. The van der Waals surface area contributed by atoms with Crippen molar-refractivity contribution in [2.75, 3.05) is 0 Å². The van der Waals surface area contributed by atoms with Crippen LogP contribution in [0.1, 0.15) is 32.6 Å². The minimum atomic E-state index is -4.17. The lowest BCUT2D eigenvalue weighted by atomic mass is 9.75. The quantitative estimate of drug-likeness (QED) is 0.782. The number of aliphatic carboxylic acids is 1. The molecule has 1 rings (SSSR count). The number of carbonyl (C=O) groups is 1. The summed E-state index contributed by atoms with van der Waals surface area (Å²) < 4.78 is 37.3. The first kappa shape index (κ1) is 12.3. The van der Waals surface area contributed by atoms with Crippen LogP contribution >= 0.6 is 0 Å². The van der Waals surface area contributed by atoms with Crippen molar-refractivity contribution in [2.24, 2.45) is 17.8 Å². The molecule has 5 heteroatoms. The molecule has 0 radical (unpaired) electrons. The number of carboxylic acid groups (broad SMARTS) is 1. The van der Waals surface area contributed by atoms with Crippen LogP contribution in [0.5, 0.6) is 0 Å². The van der Waals surface area contributed by atoms with Gasteiger partial charge in [-0.1, -0.05) is 13.3 Å². The lowest BCUT2D eigenvalue weighted by Gasteiger charge is -2.32. The van der Waals surface area contributed by atoms with Crippen molar-refractivity contribution in [3.63, 3.8) is 0 Å². The minimum absolute atomic E-state index is 0.0308. The second-order valence-electron chi connectivity index (χ2n) is 4.29. The third-order valence-electron chi connectivity index (χ3n) is 3.27. The van der Waals surface area contributed by atoms with Crippen LogP contribution in [-0.2, 0) is 4.79 Å². The second kappa shape index (κ2) is 4.41. The molecule has 0 bridgehead atoms. The Hall–Kier alpha value is -0.740. The fraction of sp³-hybridized carbons (Fsp3) is 0.900. The maximum absolute atomic E-state index is 12.4. The maximum atomic E-state index is 12.4. The van der Waals surface area contributed by atoms with Gasteiger partial charge in [0.05, 0.1) is 11.8 Å². The molecule has 0 heterocycles. The summed E-state index contributed by atoms with van der Waals surface area (Å²) in [6.45, 7) is 1.49. The van der Waals surface area contributed by atoms with Crippen molar-refractivity contribution in [3.05, 3.63) is 0 Å². The molecule has 3 unspecified atom stereocenters. The summed E-state index contributed by atoms with van der Waals surface area (Å²) in [4.78, 5) is 10.7. The maximum Gasteiger partial charge on any atom is 0.391 e.